The van der Waals surface area contributed by atoms with Crippen molar-refractivity contribution in [2.75, 3.05) is 38.5 Å². The second-order valence-electron chi connectivity index (χ2n) is 4.96. The number of nitrogens with zero attached hydrogens (tertiary/aromatic N) is 2. The molecule has 1 heterocycles. The van der Waals surface area contributed by atoms with Crippen molar-refractivity contribution in [3.63, 3.8) is 0 Å². The highest BCUT2D eigenvalue weighted by Gasteiger charge is 2.30. The minimum absolute atomic E-state index is 0.113. The van der Waals surface area contributed by atoms with Gasteiger partial charge in [0.1, 0.15) is 0 Å². The summed E-state index contributed by atoms with van der Waals surface area (Å²) < 4.78 is 61.2. The van der Waals surface area contributed by atoms with E-state index in [-0.39, 0.29) is 26.2 Å². The zero-order valence-electron chi connectivity index (χ0n) is 11.5. The Morgan fingerprint density at radius 2 is 1.81 bits per heavy atom. The molecule has 21 heavy (non-hydrogen) atoms. The van der Waals surface area contributed by atoms with Crippen LogP contribution < -0.4 is 0 Å². The Morgan fingerprint density at radius 3 is 2.38 bits per heavy atom. The average molecular weight is 332 g/mol. The number of carbonyl (C=O) groups is 1. The van der Waals surface area contributed by atoms with Gasteiger partial charge in [-0.3, -0.25) is 9.69 Å². The first kappa shape index (κ1) is 18.2. The lowest BCUT2D eigenvalue weighted by molar-refractivity contribution is -0.138. The molecule has 1 rings (SSSR count). The van der Waals surface area contributed by atoms with Crippen LogP contribution in [0.25, 0.3) is 0 Å². The van der Waals surface area contributed by atoms with Crippen LogP contribution in [0.15, 0.2) is 0 Å². The van der Waals surface area contributed by atoms with E-state index in [2.05, 4.69) is 0 Å². The van der Waals surface area contributed by atoms with Gasteiger partial charge in [-0.15, -0.1) is 0 Å². The van der Waals surface area contributed by atoms with Crippen LogP contribution in [0.5, 0.6) is 0 Å². The van der Waals surface area contributed by atoms with Crippen LogP contribution in [0.3, 0.4) is 0 Å². The van der Waals surface area contributed by atoms with Gasteiger partial charge in [0.15, 0.2) is 0 Å². The lowest BCUT2D eigenvalue weighted by Gasteiger charge is -2.21. The fraction of sp³-hybridized carbons (Fsp3) is 0.909. The third-order valence-electron chi connectivity index (χ3n) is 3.16. The molecule has 0 aromatic carbocycles. The van der Waals surface area contributed by atoms with Gasteiger partial charge in [0.25, 0.3) is 0 Å². The lowest BCUT2D eigenvalue weighted by atomic mass is 10.3. The largest absolute Gasteiger partial charge is 0.480 e. The lowest BCUT2D eigenvalue weighted by Crippen LogP contribution is -2.37. The first-order chi connectivity index (χ1) is 9.60. The number of rotatable bonds is 6. The van der Waals surface area contributed by atoms with Gasteiger partial charge < -0.3 is 5.11 Å². The monoisotopic (exact) mass is 332 g/mol. The zero-order valence-corrected chi connectivity index (χ0v) is 12.3. The molecule has 1 aliphatic heterocycles. The second kappa shape index (κ2) is 7.41. The Kier molecular flexibility index (Phi) is 6.41. The van der Waals surface area contributed by atoms with E-state index in [1.807, 2.05) is 0 Å². The van der Waals surface area contributed by atoms with Crippen molar-refractivity contribution in [1.29, 1.82) is 0 Å². The van der Waals surface area contributed by atoms with Crippen molar-refractivity contribution in [2.24, 2.45) is 0 Å². The number of carboxylic acids is 1. The normalized spacial score (nSPS) is 19.4. The number of hydrogen-bond donors (Lipinski definition) is 1. The van der Waals surface area contributed by atoms with Gasteiger partial charge >= 0.3 is 12.1 Å². The van der Waals surface area contributed by atoms with Gasteiger partial charge in [0.2, 0.25) is 10.0 Å². The highest BCUT2D eigenvalue weighted by atomic mass is 32.2. The maximum Gasteiger partial charge on any atom is 0.389 e. The van der Waals surface area contributed by atoms with Crippen molar-refractivity contribution >= 4 is 16.0 Å². The van der Waals surface area contributed by atoms with Crippen LogP contribution in [-0.4, -0.2) is 73.4 Å². The quantitative estimate of drug-likeness (QED) is 0.777. The van der Waals surface area contributed by atoms with E-state index in [1.165, 1.54) is 0 Å². The molecule has 0 spiro atoms. The first-order valence-electron chi connectivity index (χ1n) is 6.59. The Labute approximate surface area is 121 Å². The minimum Gasteiger partial charge on any atom is -0.480 e. The molecule has 0 radical (unpaired) electrons. The minimum atomic E-state index is -4.35. The van der Waals surface area contributed by atoms with E-state index in [0.717, 1.165) is 4.31 Å². The molecule has 0 aromatic heterocycles. The summed E-state index contributed by atoms with van der Waals surface area (Å²) in [6, 6.07) is 0. The van der Waals surface area contributed by atoms with E-state index in [9.17, 15) is 26.4 Å². The number of carboxylic acid groups (broad SMARTS) is 1. The molecule has 0 aromatic rings. The van der Waals surface area contributed by atoms with Crippen molar-refractivity contribution < 1.29 is 31.5 Å². The molecule has 1 N–H and O–H groups in total. The summed E-state index contributed by atoms with van der Waals surface area (Å²) in [5.74, 6) is -1.53. The molecular formula is C11H19F3N2O4S. The molecule has 0 aliphatic carbocycles. The molecule has 124 valence electrons. The molecule has 1 saturated heterocycles. The third-order valence-corrected chi connectivity index (χ3v) is 5.12. The number of halogens is 3. The summed E-state index contributed by atoms with van der Waals surface area (Å²) in [4.78, 5) is 12.2. The molecule has 10 heteroatoms. The molecule has 1 fully saturated rings. The number of hydrogen-bond acceptors (Lipinski definition) is 4. The van der Waals surface area contributed by atoms with E-state index < -0.39 is 40.8 Å². The smallest absolute Gasteiger partial charge is 0.389 e. The maximum absolute atomic E-state index is 12.0. The van der Waals surface area contributed by atoms with E-state index in [0.29, 0.717) is 13.0 Å². The molecule has 0 amide bonds. The van der Waals surface area contributed by atoms with Gasteiger partial charge in [-0.2, -0.15) is 13.2 Å². The Hall–Kier alpha value is -0.870. The van der Waals surface area contributed by atoms with E-state index >= 15 is 0 Å². The maximum atomic E-state index is 12.0. The highest BCUT2D eigenvalue weighted by molar-refractivity contribution is 7.89. The van der Waals surface area contributed by atoms with Crippen molar-refractivity contribution in [1.82, 2.24) is 9.21 Å². The van der Waals surface area contributed by atoms with Gasteiger partial charge in [0.05, 0.1) is 12.3 Å². The number of alkyl halides is 3. The Bertz CT molecular complexity index is 453. The van der Waals surface area contributed by atoms with Crippen LogP contribution in [0.4, 0.5) is 13.2 Å². The van der Waals surface area contributed by atoms with Gasteiger partial charge in [-0.25, -0.2) is 12.7 Å². The third kappa shape index (κ3) is 7.09. The molecule has 0 atom stereocenters. The predicted octanol–water partition coefficient (Wildman–Crippen LogP) is 0.751. The summed E-state index contributed by atoms with van der Waals surface area (Å²) in [6.45, 7) is 0.889. The molecule has 6 nitrogen and oxygen atoms in total. The van der Waals surface area contributed by atoms with Gasteiger partial charge in [-0.1, -0.05) is 0 Å². The van der Waals surface area contributed by atoms with Crippen molar-refractivity contribution in [3.8, 4) is 0 Å². The van der Waals surface area contributed by atoms with Crippen molar-refractivity contribution in [2.45, 2.75) is 25.4 Å². The van der Waals surface area contributed by atoms with Crippen LogP contribution in [0.2, 0.25) is 0 Å². The molecule has 1 aliphatic rings. The summed E-state index contributed by atoms with van der Waals surface area (Å²) in [6.07, 6.45) is -5.47. The van der Waals surface area contributed by atoms with Crippen LogP contribution in [0, 0.1) is 0 Å². The van der Waals surface area contributed by atoms with Gasteiger partial charge in [0, 0.05) is 32.6 Å². The van der Waals surface area contributed by atoms with Crippen LogP contribution >= 0.6 is 0 Å². The summed E-state index contributed by atoms with van der Waals surface area (Å²) in [5.41, 5.74) is 0. The number of aliphatic carboxylic acids is 1. The molecule has 0 bridgehead atoms. The average Bonchev–Trinajstić information content (AvgIpc) is 2.52. The molecule has 0 saturated carbocycles. The molecule has 0 unspecified atom stereocenters. The highest BCUT2D eigenvalue weighted by Crippen LogP contribution is 2.22. The van der Waals surface area contributed by atoms with E-state index in [4.69, 9.17) is 5.11 Å². The first-order valence-corrected chi connectivity index (χ1v) is 8.20. The Morgan fingerprint density at radius 1 is 1.14 bits per heavy atom. The fourth-order valence-electron chi connectivity index (χ4n) is 2.16. The summed E-state index contributed by atoms with van der Waals surface area (Å²) >= 11 is 0. The SMILES string of the molecule is O=C(O)CN1CCCN(S(=O)(=O)CCCC(F)(F)F)CC1. The fourth-order valence-corrected chi connectivity index (χ4v) is 3.69. The predicted molar refractivity (Wildman–Crippen MR) is 69.3 cm³/mol. The number of sulfonamides is 1. The standard InChI is InChI=1S/C11H19F3N2O4S/c12-11(13,14)3-1-8-21(19,20)16-5-2-4-15(6-7-16)9-10(17)18/h1-9H2,(H,17,18). The Balaban J connectivity index is 2.50. The zero-order chi connectivity index (χ0) is 16.1. The summed E-state index contributed by atoms with van der Waals surface area (Å²) in [5, 5.41) is 8.70. The topological polar surface area (TPSA) is 77.9 Å². The molecular weight excluding hydrogens is 313 g/mol. The van der Waals surface area contributed by atoms with Gasteiger partial charge in [-0.05, 0) is 12.8 Å². The second-order valence-corrected chi connectivity index (χ2v) is 7.05. The summed E-state index contributed by atoms with van der Waals surface area (Å²) in [7, 11) is -3.72. The van der Waals surface area contributed by atoms with Crippen molar-refractivity contribution in [3.05, 3.63) is 0 Å². The van der Waals surface area contributed by atoms with Crippen LogP contribution in [0.1, 0.15) is 19.3 Å². The van der Waals surface area contributed by atoms with E-state index in [1.54, 1.807) is 4.90 Å². The van der Waals surface area contributed by atoms with Crippen LogP contribution in [-0.2, 0) is 14.8 Å².